The minimum absolute atomic E-state index is 0.0172. The Bertz CT molecular complexity index is 1290. The average molecular weight is 615 g/mol. The second kappa shape index (κ2) is 12.9. The van der Waals surface area contributed by atoms with E-state index in [9.17, 15) is 14.2 Å². The molecule has 1 aliphatic carbocycles. The molecule has 7 atom stereocenters. The SMILES string of the molecule is CCOc1nc(N)nc2c1ncn2[C@@H]1O[C@H]2C([C@H]2O[PH](=O)OCCSC(=O)C(C)(C)COC(=O)[C@@H](N)C(C)C)[C@@H]1C. The fourth-order valence-electron chi connectivity index (χ4n) is 4.59. The van der Waals surface area contributed by atoms with E-state index < -0.39 is 25.7 Å². The van der Waals surface area contributed by atoms with Gasteiger partial charge in [0.05, 0.1) is 37.2 Å². The Morgan fingerprint density at radius 2 is 2.02 bits per heavy atom. The lowest BCUT2D eigenvalue weighted by molar-refractivity contribution is -0.150. The predicted molar refractivity (Wildman–Crippen MR) is 152 cm³/mol. The molecule has 0 aromatic carbocycles. The number of ether oxygens (including phenoxy) is 3. The molecular weight excluding hydrogens is 575 g/mol. The van der Waals surface area contributed by atoms with Crippen molar-refractivity contribution in [3.63, 3.8) is 0 Å². The fraction of sp³-hybridized carbons (Fsp3) is 0.720. The van der Waals surface area contributed by atoms with Gasteiger partial charge in [0.1, 0.15) is 18.9 Å². The van der Waals surface area contributed by atoms with Crippen LogP contribution in [0, 0.1) is 23.2 Å². The van der Waals surface area contributed by atoms with Crippen LogP contribution in [0.3, 0.4) is 0 Å². The zero-order valence-electron chi connectivity index (χ0n) is 24.1. The number of esters is 1. The summed E-state index contributed by atoms with van der Waals surface area (Å²) >= 11 is 1.02. The molecule has 4 N–H and O–H groups in total. The van der Waals surface area contributed by atoms with Crippen LogP contribution in [0.15, 0.2) is 6.33 Å². The van der Waals surface area contributed by atoms with Crippen LogP contribution in [0.2, 0.25) is 0 Å². The standard InChI is InChI=1S/C25H39N6O8PS/c1-7-35-20-16-19(29-24(27)30-20)31(11-28-16)21-13(4)14-17(38-21)18(14)39-40(34)37-8-9-41-23(33)25(5,6)10-36-22(32)15(26)12(2)3/h11-15,17-18,21,40H,7-10,26H2,1-6H3,(H2,27,29,30)/t13-,14?,15-,17-,18+,21+/m0/s1. The molecule has 1 saturated heterocycles. The number of rotatable bonds is 14. The summed E-state index contributed by atoms with van der Waals surface area (Å²) in [6, 6.07) is -0.738. The third-order valence-electron chi connectivity index (χ3n) is 7.14. The number of carbonyl (C=O) groups is 2. The Morgan fingerprint density at radius 3 is 2.66 bits per heavy atom. The van der Waals surface area contributed by atoms with Gasteiger partial charge in [0, 0.05) is 17.6 Å². The smallest absolute Gasteiger partial charge is 0.323 e. The van der Waals surface area contributed by atoms with Gasteiger partial charge in [-0.25, -0.2) is 4.98 Å². The Morgan fingerprint density at radius 1 is 1.29 bits per heavy atom. The molecule has 14 nitrogen and oxygen atoms in total. The van der Waals surface area contributed by atoms with Crippen LogP contribution in [0.5, 0.6) is 5.88 Å². The van der Waals surface area contributed by atoms with Crippen molar-refractivity contribution in [1.29, 1.82) is 0 Å². The third kappa shape index (κ3) is 7.03. The van der Waals surface area contributed by atoms with Gasteiger partial charge in [-0.05, 0) is 26.7 Å². The first-order chi connectivity index (χ1) is 19.4. The van der Waals surface area contributed by atoms with Gasteiger partial charge in [-0.2, -0.15) is 9.97 Å². The van der Waals surface area contributed by atoms with Crippen molar-refractivity contribution in [2.75, 3.05) is 31.3 Å². The number of anilines is 1. The highest BCUT2D eigenvalue weighted by atomic mass is 32.2. The molecule has 228 valence electrons. The third-order valence-corrected chi connectivity index (χ3v) is 9.23. The van der Waals surface area contributed by atoms with Gasteiger partial charge in [-0.15, -0.1) is 0 Å². The van der Waals surface area contributed by atoms with E-state index in [0.29, 0.717) is 23.7 Å². The molecule has 2 aromatic heterocycles. The number of imidazole rings is 1. The fourth-order valence-corrected chi connectivity index (χ4v) is 6.39. The molecule has 0 spiro atoms. The molecule has 0 bridgehead atoms. The summed E-state index contributed by atoms with van der Waals surface area (Å²) in [7, 11) is -2.80. The Hall–Kier alpha value is -2.29. The molecule has 2 aliphatic rings. The zero-order valence-corrected chi connectivity index (χ0v) is 25.9. The van der Waals surface area contributed by atoms with Crippen LogP contribution >= 0.6 is 20.0 Å². The lowest BCUT2D eigenvalue weighted by atomic mass is 9.97. The lowest BCUT2D eigenvalue weighted by Gasteiger charge is -2.23. The molecule has 2 fully saturated rings. The number of hydrogen-bond donors (Lipinski definition) is 2. The van der Waals surface area contributed by atoms with Crippen LogP contribution < -0.4 is 16.2 Å². The highest BCUT2D eigenvalue weighted by Crippen LogP contribution is 2.57. The van der Waals surface area contributed by atoms with Crippen molar-refractivity contribution in [3.05, 3.63) is 6.33 Å². The van der Waals surface area contributed by atoms with Gasteiger partial charge in [0.25, 0.3) is 0 Å². The molecule has 1 saturated carbocycles. The summed E-state index contributed by atoms with van der Waals surface area (Å²) in [5.74, 6) is 0.120. The van der Waals surface area contributed by atoms with Crippen molar-refractivity contribution in [2.45, 2.75) is 66.0 Å². The first kappa shape index (κ1) is 31.6. The molecule has 16 heteroatoms. The van der Waals surface area contributed by atoms with Crippen LogP contribution in [0.25, 0.3) is 11.2 Å². The Balaban J connectivity index is 1.20. The molecule has 1 aliphatic heterocycles. The number of nitrogens with zero attached hydrogens (tertiary/aromatic N) is 4. The maximum absolute atomic E-state index is 12.6. The summed E-state index contributed by atoms with van der Waals surface area (Å²) in [6.45, 7) is 11.3. The van der Waals surface area contributed by atoms with E-state index in [1.54, 1.807) is 24.7 Å². The first-order valence-corrected chi connectivity index (χ1v) is 15.8. The van der Waals surface area contributed by atoms with E-state index in [4.69, 9.17) is 34.7 Å². The van der Waals surface area contributed by atoms with Crippen molar-refractivity contribution in [3.8, 4) is 5.88 Å². The molecule has 2 aromatic rings. The largest absolute Gasteiger partial charge is 0.476 e. The van der Waals surface area contributed by atoms with E-state index >= 15 is 0 Å². The summed E-state index contributed by atoms with van der Waals surface area (Å²) in [5, 5.41) is -0.176. The number of fused-ring (bicyclic) bond motifs is 2. The van der Waals surface area contributed by atoms with Gasteiger partial charge in [0.2, 0.25) is 11.8 Å². The number of aromatic nitrogens is 4. The summed E-state index contributed by atoms with van der Waals surface area (Å²) in [6.07, 6.45) is 0.688. The van der Waals surface area contributed by atoms with Crippen LogP contribution in [0.4, 0.5) is 5.95 Å². The number of carbonyl (C=O) groups excluding carboxylic acids is 2. The van der Waals surface area contributed by atoms with Crippen LogP contribution in [-0.2, 0) is 32.7 Å². The van der Waals surface area contributed by atoms with Gasteiger partial charge in [0.15, 0.2) is 16.3 Å². The highest BCUT2D eigenvalue weighted by Gasteiger charge is 2.64. The second-order valence-corrected chi connectivity index (χ2v) is 13.2. The van der Waals surface area contributed by atoms with Crippen molar-refractivity contribution < 1.29 is 37.4 Å². The quantitative estimate of drug-likeness (QED) is 0.179. The van der Waals surface area contributed by atoms with Gasteiger partial charge >= 0.3 is 14.2 Å². The molecular formula is C25H39N6O8PS. The molecule has 0 amide bonds. The van der Waals surface area contributed by atoms with Gasteiger partial charge < -0.3 is 34.7 Å². The molecule has 4 rings (SSSR count). The Labute approximate surface area is 243 Å². The summed E-state index contributed by atoms with van der Waals surface area (Å²) in [4.78, 5) is 37.4. The van der Waals surface area contributed by atoms with Gasteiger partial charge in [-0.3, -0.25) is 18.7 Å². The highest BCUT2D eigenvalue weighted by molar-refractivity contribution is 8.13. The van der Waals surface area contributed by atoms with Crippen LogP contribution in [0.1, 0.15) is 47.8 Å². The summed E-state index contributed by atoms with van der Waals surface area (Å²) < 4.78 is 42.2. The molecule has 2 unspecified atom stereocenters. The minimum Gasteiger partial charge on any atom is -0.476 e. The van der Waals surface area contributed by atoms with E-state index in [1.807, 2.05) is 27.7 Å². The summed E-state index contributed by atoms with van der Waals surface area (Å²) in [5.41, 5.74) is 11.8. The van der Waals surface area contributed by atoms with E-state index in [0.717, 1.165) is 11.8 Å². The minimum atomic E-state index is -2.80. The maximum Gasteiger partial charge on any atom is 0.323 e. The predicted octanol–water partition coefficient (Wildman–Crippen LogP) is 2.57. The van der Waals surface area contributed by atoms with Crippen molar-refractivity contribution in [1.82, 2.24) is 19.5 Å². The number of thioether (sulfide) groups is 1. The van der Waals surface area contributed by atoms with Gasteiger partial charge in [-0.1, -0.05) is 32.5 Å². The molecule has 3 heterocycles. The topological polar surface area (TPSA) is 193 Å². The number of hydrogen-bond acceptors (Lipinski definition) is 14. The second-order valence-electron chi connectivity index (χ2n) is 11.1. The lowest BCUT2D eigenvalue weighted by Crippen LogP contribution is -2.39. The molecule has 0 radical (unpaired) electrons. The van der Waals surface area contributed by atoms with E-state index in [1.165, 1.54) is 0 Å². The maximum atomic E-state index is 12.6. The average Bonchev–Trinajstić information content (AvgIpc) is 3.22. The number of nitrogens with two attached hydrogens (primary N) is 2. The normalized spacial score (nSPS) is 25.2. The monoisotopic (exact) mass is 614 g/mol. The number of nitrogen functional groups attached to an aromatic ring is 1. The van der Waals surface area contributed by atoms with Crippen molar-refractivity contribution in [2.24, 2.45) is 28.9 Å². The zero-order chi connectivity index (χ0) is 30.1. The van der Waals surface area contributed by atoms with Crippen molar-refractivity contribution >= 4 is 48.2 Å². The Kier molecular flexibility index (Phi) is 9.97. The van der Waals surface area contributed by atoms with Crippen LogP contribution in [-0.4, -0.2) is 74.4 Å². The van der Waals surface area contributed by atoms with E-state index in [-0.39, 0.29) is 66.2 Å². The first-order valence-electron chi connectivity index (χ1n) is 13.6. The van der Waals surface area contributed by atoms with E-state index in [2.05, 4.69) is 15.0 Å². The molecule has 41 heavy (non-hydrogen) atoms.